The van der Waals surface area contributed by atoms with Crippen LogP contribution in [0.1, 0.15) is 36.1 Å². The molecule has 1 fully saturated rings. The first kappa shape index (κ1) is 27.4. The van der Waals surface area contributed by atoms with Crippen molar-refractivity contribution in [2.45, 2.75) is 26.0 Å². The van der Waals surface area contributed by atoms with Crippen molar-refractivity contribution in [2.75, 3.05) is 20.8 Å². The number of amides is 1. The van der Waals surface area contributed by atoms with Gasteiger partial charge in [-0.3, -0.25) is 9.59 Å². The predicted molar refractivity (Wildman–Crippen MR) is 146 cm³/mol. The van der Waals surface area contributed by atoms with Crippen molar-refractivity contribution in [2.24, 2.45) is 0 Å². The lowest BCUT2D eigenvalue weighted by Gasteiger charge is -2.26. The van der Waals surface area contributed by atoms with Crippen LogP contribution in [0.25, 0.3) is 5.76 Å². The largest absolute Gasteiger partial charge is 0.507 e. The normalized spacial score (nSPS) is 16.6. The molecule has 0 saturated carbocycles. The fourth-order valence-corrected chi connectivity index (χ4v) is 5.07. The number of nitrogens with zero attached hydrogens (tertiary/aromatic N) is 1. The Morgan fingerprint density at radius 1 is 0.974 bits per heavy atom. The Kier molecular flexibility index (Phi) is 8.49. The van der Waals surface area contributed by atoms with Crippen LogP contribution in [0.15, 0.2) is 66.2 Å². The van der Waals surface area contributed by atoms with Crippen LogP contribution in [-0.2, 0) is 16.2 Å². The standard InChI is InChI=1S/C29H27Cl2NO6/c1-4-12-32-25(18-10-11-22(23(13-18)36-2)38-16-17-8-6-5-7-9-17)24(27(34)29(32)35)26(33)20-14-19(30)15-21(31)28(20)37-3/h5-11,13-15,25,33H,4,12,16H2,1-3H3/b26-24+. The lowest BCUT2D eigenvalue weighted by atomic mass is 9.94. The summed E-state index contributed by atoms with van der Waals surface area (Å²) in [5.41, 5.74) is 1.57. The lowest BCUT2D eigenvalue weighted by molar-refractivity contribution is -0.139. The van der Waals surface area contributed by atoms with Gasteiger partial charge in [0.25, 0.3) is 11.7 Å². The molecule has 0 spiro atoms. The van der Waals surface area contributed by atoms with E-state index in [1.165, 1.54) is 31.3 Å². The summed E-state index contributed by atoms with van der Waals surface area (Å²) in [6, 6.07) is 16.9. The van der Waals surface area contributed by atoms with Gasteiger partial charge in [0.15, 0.2) is 11.5 Å². The SMILES string of the molecule is CCCN1C(=O)C(=O)/C(=C(/O)c2cc(Cl)cc(Cl)c2OC)C1c1ccc(OCc2ccccc2)c(OC)c1. The highest BCUT2D eigenvalue weighted by Crippen LogP contribution is 2.44. The van der Waals surface area contributed by atoms with Crippen molar-refractivity contribution in [1.82, 2.24) is 4.90 Å². The lowest BCUT2D eigenvalue weighted by Crippen LogP contribution is -2.30. The van der Waals surface area contributed by atoms with E-state index in [0.717, 1.165) is 5.56 Å². The number of hydrogen-bond donors (Lipinski definition) is 1. The summed E-state index contributed by atoms with van der Waals surface area (Å²) in [4.78, 5) is 27.8. The van der Waals surface area contributed by atoms with Crippen molar-refractivity contribution < 1.29 is 28.9 Å². The summed E-state index contributed by atoms with van der Waals surface area (Å²) >= 11 is 12.5. The molecule has 3 aromatic carbocycles. The van der Waals surface area contributed by atoms with Gasteiger partial charge in [-0.05, 0) is 41.8 Å². The average Bonchev–Trinajstić information content (AvgIpc) is 3.16. The van der Waals surface area contributed by atoms with E-state index in [1.54, 1.807) is 18.2 Å². The van der Waals surface area contributed by atoms with E-state index in [-0.39, 0.29) is 26.9 Å². The third-order valence-corrected chi connectivity index (χ3v) is 6.71. The highest BCUT2D eigenvalue weighted by molar-refractivity contribution is 6.46. The smallest absolute Gasteiger partial charge is 0.295 e. The van der Waals surface area contributed by atoms with Gasteiger partial charge in [0.05, 0.1) is 36.4 Å². The van der Waals surface area contributed by atoms with Gasteiger partial charge in [0.2, 0.25) is 0 Å². The zero-order valence-corrected chi connectivity index (χ0v) is 22.7. The molecule has 7 nitrogen and oxygen atoms in total. The number of rotatable bonds is 9. The van der Waals surface area contributed by atoms with Crippen molar-refractivity contribution in [1.29, 1.82) is 0 Å². The van der Waals surface area contributed by atoms with Gasteiger partial charge in [0, 0.05) is 11.6 Å². The number of aliphatic hydroxyl groups excluding tert-OH is 1. The first-order valence-electron chi connectivity index (χ1n) is 12.0. The maximum atomic E-state index is 13.3. The van der Waals surface area contributed by atoms with Gasteiger partial charge in [-0.15, -0.1) is 0 Å². The van der Waals surface area contributed by atoms with Crippen LogP contribution in [0, 0.1) is 0 Å². The van der Waals surface area contributed by atoms with Crippen LogP contribution in [0.4, 0.5) is 0 Å². The van der Waals surface area contributed by atoms with Crippen LogP contribution in [0.2, 0.25) is 10.0 Å². The maximum absolute atomic E-state index is 13.3. The summed E-state index contributed by atoms with van der Waals surface area (Å²) in [7, 11) is 2.90. The molecule has 0 aliphatic carbocycles. The van der Waals surface area contributed by atoms with Crippen molar-refractivity contribution in [3.05, 3.63) is 93.0 Å². The molecule has 38 heavy (non-hydrogen) atoms. The van der Waals surface area contributed by atoms with Gasteiger partial charge in [-0.25, -0.2) is 0 Å². The summed E-state index contributed by atoms with van der Waals surface area (Å²) in [5.74, 6) is -0.913. The number of likely N-dealkylation sites (tertiary alicyclic amines) is 1. The molecule has 1 heterocycles. The number of aliphatic hydroxyl groups is 1. The van der Waals surface area contributed by atoms with Crippen molar-refractivity contribution in [3.8, 4) is 17.2 Å². The number of carbonyl (C=O) groups excluding carboxylic acids is 2. The van der Waals surface area contributed by atoms with Crippen LogP contribution in [-0.4, -0.2) is 42.5 Å². The molecule has 1 N–H and O–H groups in total. The molecule has 1 atom stereocenters. The predicted octanol–water partition coefficient (Wildman–Crippen LogP) is 6.42. The third kappa shape index (κ3) is 5.30. The van der Waals surface area contributed by atoms with Crippen LogP contribution in [0.5, 0.6) is 17.2 Å². The summed E-state index contributed by atoms with van der Waals surface area (Å²) < 4.78 is 16.9. The van der Waals surface area contributed by atoms with Crippen molar-refractivity contribution in [3.63, 3.8) is 0 Å². The molecule has 4 rings (SSSR count). The summed E-state index contributed by atoms with van der Waals surface area (Å²) in [6.07, 6.45) is 0.602. The molecule has 9 heteroatoms. The van der Waals surface area contributed by atoms with Gasteiger partial charge < -0.3 is 24.2 Å². The topological polar surface area (TPSA) is 85.3 Å². The molecule has 1 aliphatic rings. The molecular formula is C29H27Cl2NO6. The van der Waals surface area contributed by atoms with Crippen LogP contribution in [0.3, 0.4) is 0 Å². The number of ketones is 1. The molecule has 1 unspecified atom stereocenters. The Morgan fingerprint density at radius 3 is 2.37 bits per heavy atom. The number of hydrogen-bond acceptors (Lipinski definition) is 6. The molecule has 198 valence electrons. The van der Waals surface area contributed by atoms with E-state index in [9.17, 15) is 14.7 Å². The number of benzene rings is 3. The Labute approximate surface area is 231 Å². The second-order valence-electron chi connectivity index (χ2n) is 8.65. The highest BCUT2D eigenvalue weighted by atomic mass is 35.5. The average molecular weight is 556 g/mol. The molecule has 0 aromatic heterocycles. The minimum absolute atomic E-state index is 0.0971. The van der Waals surface area contributed by atoms with Crippen LogP contribution >= 0.6 is 23.2 Å². The van der Waals surface area contributed by atoms with Gasteiger partial charge in [-0.2, -0.15) is 0 Å². The van der Waals surface area contributed by atoms with E-state index in [4.69, 9.17) is 37.4 Å². The summed E-state index contributed by atoms with van der Waals surface area (Å²) in [6.45, 7) is 2.53. The Balaban J connectivity index is 1.82. The fraction of sp³-hybridized carbons (Fsp3) is 0.241. The minimum Gasteiger partial charge on any atom is -0.507 e. The highest BCUT2D eigenvalue weighted by Gasteiger charge is 2.46. The molecule has 1 saturated heterocycles. The van der Waals surface area contributed by atoms with Crippen LogP contribution < -0.4 is 14.2 Å². The van der Waals surface area contributed by atoms with Crippen molar-refractivity contribution >= 4 is 40.7 Å². The van der Waals surface area contributed by atoms with Gasteiger partial charge in [0.1, 0.15) is 18.1 Å². The van der Waals surface area contributed by atoms with E-state index < -0.39 is 23.5 Å². The second kappa shape index (κ2) is 11.8. The van der Waals surface area contributed by atoms with E-state index in [0.29, 0.717) is 36.6 Å². The van der Waals surface area contributed by atoms with E-state index in [2.05, 4.69) is 0 Å². The number of halogens is 2. The minimum atomic E-state index is -0.880. The Bertz CT molecular complexity index is 1390. The zero-order valence-electron chi connectivity index (χ0n) is 21.2. The summed E-state index contributed by atoms with van der Waals surface area (Å²) in [5, 5.41) is 11.8. The molecule has 1 amide bonds. The van der Waals surface area contributed by atoms with E-state index in [1.807, 2.05) is 37.3 Å². The molecule has 3 aromatic rings. The molecular weight excluding hydrogens is 529 g/mol. The number of carbonyl (C=O) groups is 2. The molecule has 0 bridgehead atoms. The molecule has 0 radical (unpaired) electrons. The number of ether oxygens (including phenoxy) is 3. The second-order valence-corrected chi connectivity index (χ2v) is 9.49. The quantitative estimate of drug-likeness (QED) is 0.186. The Morgan fingerprint density at radius 2 is 1.71 bits per heavy atom. The Hall–Kier alpha value is -3.68. The monoisotopic (exact) mass is 555 g/mol. The molecule has 1 aliphatic heterocycles. The number of Topliss-reactive ketones (excluding diaryl/α,β-unsaturated/α-hetero) is 1. The zero-order chi connectivity index (χ0) is 27.4. The van der Waals surface area contributed by atoms with Gasteiger partial charge >= 0.3 is 0 Å². The van der Waals surface area contributed by atoms with E-state index >= 15 is 0 Å². The maximum Gasteiger partial charge on any atom is 0.295 e. The third-order valence-electron chi connectivity index (χ3n) is 6.21. The first-order valence-corrected chi connectivity index (χ1v) is 12.7. The fourth-order valence-electron chi connectivity index (χ4n) is 4.50. The number of methoxy groups -OCH3 is 2. The first-order chi connectivity index (χ1) is 18.3. The van der Waals surface area contributed by atoms with Gasteiger partial charge in [-0.1, -0.05) is 66.5 Å².